The van der Waals surface area contributed by atoms with E-state index in [0.29, 0.717) is 11.4 Å². The first kappa shape index (κ1) is 20.4. The number of methoxy groups -OCH3 is 1. The lowest BCUT2D eigenvalue weighted by molar-refractivity contribution is -0.118. The van der Waals surface area contributed by atoms with Crippen LogP contribution in [0.4, 0.5) is 5.69 Å². The third kappa shape index (κ3) is 5.05. The van der Waals surface area contributed by atoms with E-state index in [0.717, 1.165) is 4.31 Å². The topological polar surface area (TPSA) is 102 Å². The van der Waals surface area contributed by atoms with Crippen molar-refractivity contribution >= 4 is 27.6 Å². The number of rotatable bonds is 7. The Balaban J connectivity index is 2.00. The standard InChI is InChI=1S/C18H20N2O6S/c1-20(2)27(23,24)14-10-8-13(9-11-14)26-12-17(21)19-16-7-5-4-6-15(16)18(22)25-3/h4-11H,12H2,1-3H3,(H,19,21). The molecule has 9 heteroatoms. The maximum absolute atomic E-state index is 12.1. The van der Waals surface area contributed by atoms with Gasteiger partial charge in [0.05, 0.1) is 23.3 Å². The average molecular weight is 392 g/mol. The fourth-order valence-corrected chi connectivity index (χ4v) is 3.04. The zero-order valence-electron chi connectivity index (χ0n) is 15.1. The number of ether oxygens (including phenoxy) is 2. The number of sulfonamides is 1. The first-order chi connectivity index (χ1) is 12.8. The molecule has 2 aromatic rings. The molecule has 0 saturated heterocycles. The largest absolute Gasteiger partial charge is 0.484 e. The van der Waals surface area contributed by atoms with E-state index in [2.05, 4.69) is 10.1 Å². The number of anilines is 1. The van der Waals surface area contributed by atoms with E-state index < -0.39 is 21.9 Å². The summed E-state index contributed by atoms with van der Waals surface area (Å²) >= 11 is 0. The van der Waals surface area contributed by atoms with Crippen molar-refractivity contribution in [2.24, 2.45) is 0 Å². The molecule has 0 atom stereocenters. The summed E-state index contributed by atoms with van der Waals surface area (Å²) in [5.41, 5.74) is 0.539. The Morgan fingerprint density at radius 2 is 1.67 bits per heavy atom. The summed E-state index contributed by atoms with van der Waals surface area (Å²) in [6.45, 7) is -0.310. The van der Waals surface area contributed by atoms with Crippen molar-refractivity contribution in [1.82, 2.24) is 4.31 Å². The molecule has 0 unspecified atom stereocenters. The number of hydrogen-bond donors (Lipinski definition) is 1. The van der Waals surface area contributed by atoms with Gasteiger partial charge in [-0.15, -0.1) is 0 Å². The molecule has 0 aliphatic rings. The summed E-state index contributed by atoms with van der Waals surface area (Å²) in [5.74, 6) is -0.704. The Kier molecular flexibility index (Phi) is 6.54. The van der Waals surface area contributed by atoms with Crippen LogP contribution in [-0.2, 0) is 19.6 Å². The smallest absolute Gasteiger partial charge is 0.339 e. The van der Waals surface area contributed by atoms with Gasteiger partial charge < -0.3 is 14.8 Å². The van der Waals surface area contributed by atoms with Crippen LogP contribution < -0.4 is 10.1 Å². The lowest BCUT2D eigenvalue weighted by Crippen LogP contribution is -2.22. The number of amides is 1. The van der Waals surface area contributed by atoms with Crippen LogP contribution >= 0.6 is 0 Å². The van der Waals surface area contributed by atoms with E-state index in [1.165, 1.54) is 51.5 Å². The summed E-state index contributed by atoms with van der Waals surface area (Å²) in [5, 5.41) is 2.58. The molecular weight excluding hydrogens is 372 g/mol. The molecule has 0 radical (unpaired) electrons. The summed E-state index contributed by atoms with van der Waals surface area (Å²) in [4.78, 5) is 23.9. The molecule has 0 fully saturated rings. The van der Waals surface area contributed by atoms with E-state index in [1.54, 1.807) is 18.2 Å². The number of para-hydroxylation sites is 1. The van der Waals surface area contributed by atoms with Gasteiger partial charge in [0.25, 0.3) is 5.91 Å². The fraction of sp³-hybridized carbons (Fsp3) is 0.222. The van der Waals surface area contributed by atoms with E-state index >= 15 is 0 Å². The highest BCUT2D eigenvalue weighted by molar-refractivity contribution is 7.89. The van der Waals surface area contributed by atoms with Gasteiger partial charge in [0.2, 0.25) is 10.0 Å². The predicted octanol–water partition coefficient (Wildman–Crippen LogP) is 1.74. The monoisotopic (exact) mass is 392 g/mol. The van der Waals surface area contributed by atoms with Gasteiger partial charge in [-0.25, -0.2) is 17.5 Å². The molecule has 0 bridgehead atoms. The van der Waals surface area contributed by atoms with E-state index in [1.807, 2.05) is 0 Å². The molecule has 2 aromatic carbocycles. The first-order valence-corrected chi connectivity index (χ1v) is 9.32. The molecule has 0 heterocycles. The van der Waals surface area contributed by atoms with Crippen molar-refractivity contribution in [3.63, 3.8) is 0 Å². The number of carbonyl (C=O) groups excluding carboxylic acids is 2. The quantitative estimate of drug-likeness (QED) is 0.720. The average Bonchev–Trinajstić information content (AvgIpc) is 2.66. The van der Waals surface area contributed by atoms with Gasteiger partial charge in [-0.1, -0.05) is 12.1 Å². The van der Waals surface area contributed by atoms with Gasteiger partial charge in [-0.3, -0.25) is 4.79 Å². The van der Waals surface area contributed by atoms with Gasteiger partial charge in [0, 0.05) is 14.1 Å². The molecule has 8 nitrogen and oxygen atoms in total. The highest BCUT2D eigenvalue weighted by atomic mass is 32.2. The Morgan fingerprint density at radius 3 is 2.26 bits per heavy atom. The van der Waals surface area contributed by atoms with Crippen molar-refractivity contribution in [3.8, 4) is 5.75 Å². The van der Waals surface area contributed by atoms with Crippen LogP contribution in [0.15, 0.2) is 53.4 Å². The highest BCUT2D eigenvalue weighted by Gasteiger charge is 2.17. The van der Waals surface area contributed by atoms with Crippen molar-refractivity contribution in [1.29, 1.82) is 0 Å². The zero-order chi connectivity index (χ0) is 20.0. The molecule has 0 saturated carbocycles. The van der Waals surface area contributed by atoms with E-state index in [4.69, 9.17) is 4.74 Å². The molecule has 0 aromatic heterocycles. The van der Waals surface area contributed by atoms with Crippen LogP contribution in [0.2, 0.25) is 0 Å². The number of nitrogens with one attached hydrogen (secondary N) is 1. The molecule has 0 spiro atoms. The minimum Gasteiger partial charge on any atom is -0.484 e. The molecule has 0 aliphatic carbocycles. The highest BCUT2D eigenvalue weighted by Crippen LogP contribution is 2.19. The lowest BCUT2D eigenvalue weighted by Gasteiger charge is -2.12. The maximum Gasteiger partial charge on any atom is 0.339 e. The van der Waals surface area contributed by atoms with Crippen molar-refractivity contribution < 1.29 is 27.5 Å². The van der Waals surface area contributed by atoms with Gasteiger partial charge >= 0.3 is 5.97 Å². The molecular formula is C18H20N2O6S. The van der Waals surface area contributed by atoms with Gasteiger partial charge in [-0.05, 0) is 36.4 Å². The minimum absolute atomic E-state index is 0.122. The Hall–Kier alpha value is -2.91. The Bertz CT molecular complexity index is 923. The van der Waals surface area contributed by atoms with Crippen molar-refractivity contribution in [3.05, 3.63) is 54.1 Å². The number of benzene rings is 2. The SMILES string of the molecule is COC(=O)c1ccccc1NC(=O)COc1ccc(S(=O)(=O)N(C)C)cc1. The lowest BCUT2D eigenvalue weighted by atomic mass is 10.2. The summed E-state index contributed by atoms with van der Waals surface area (Å²) in [7, 11) is 0.609. The summed E-state index contributed by atoms with van der Waals surface area (Å²) in [6.07, 6.45) is 0. The van der Waals surface area contributed by atoms with Gasteiger partial charge in [0.15, 0.2) is 6.61 Å². The molecule has 1 amide bonds. The molecule has 27 heavy (non-hydrogen) atoms. The van der Waals surface area contributed by atoms with E-state index in [9.17, 15) is 18.0 Å². The number of esters is 1. The second-order valence-electron chi connectivity index (χ2n) is 5.63. The Morgan fingerprint density at radius 1 is 1.04 bits per heavy atom. The summed E-state index contributed by atoms with van der Waals surface area (Å²) in [6, 6.07) is 12.2. The van der Waals surface area contributed by atoms with Crippen molar-refractivity contribution in [2.75, 3.05) is 33.1 Å². The third-order valence-corrected chi connectivity index (χ3v) is 5.41. The number of carbonyl (C=O) groups is 2. The van der Waals surface area contributed by atoms with Crippen LogP contribution in [0, 0.1) is 0 Å². The fourth-order valence-electron chi connectivity index (χ4n) is 2.13. The Labute approximate surface area is 157 Å². The van der Waals surface area contributed by atoms with Gasteiger partial charge in [0.1, 0.15) is 5.75 Å². The van der Waals surface area contributed by atoms with Crippen LogP contribution in [0.1, 0.15) is 10.4 Å². The first-order valence-electron chi connectivity index (χ1n) is 7.88. The maximum atomic E-state index is 12.1. The molecule has 2 rings (SSSR count). The van der Waals surface area contributed by atoms with Crippen molar-refractivity contribution in [2.45, 2.75) is 4.90 Å². The van der Waals surface area contributed by atoms with Crippen LogP contribution in [0.3, 0.4) is 0 Å². The van der Waals surface area contributed by atoms with Crippen LogP contribution in [0.5, 0.6) is 5.75 Å². The van der Waals surface area contributed by atoms with Gasteiger partial charge in [-0.2, -0.15) is 0 Å². The van der Waals surface area contributed by atoms with Crippen LogP contribution in [0.25, 0.3) is 0 Å². The third-order valence-electron chi connectivity index (χ3n) is 3.58. The predicted molar refractivity (Wildman–Crippen MR) is 99.2 cm³/mol. The number of hydrogen-bond acceptors (Lipinski definition) is 6. The minimum atomic E-state index is -3.53. The molecule has 0 aliphatic heterocycles. The normalized spacial score (nSPS) is 11.1. The second kappa shape index (κ2) is 8.65. The molecule has 144 valence electrons. The zero-order valence-corrected chi connectivity index (χ0v) is 15.9. The number of nitrogens with zero attached hydrogens (tertiary/aromatic N) is 1. The molecule has 1 N–H and O–H groups in total. The summed E-state index contributed by atoms with van der Waals surface area (Å²) < 4.78 is 35.1. The second-order valence-corrected chi connectivity index (χ2v) is 7.78. The van der Waals surface area contributed by atoms with E-state index in [-0.39, 0.29) is 17.1 Å². The van der Waals surface area contributed by atoms with Crippen LogP contribution in [-0.4, -0.2) is 52.4 Å².